The molecule has 1 heterocycles. The second-order valence-electron chi connectivity index (χ2n) is 4.00. The van der Waals surface area contributed by atoms with Gasteiger partial charge in [-0.15, -0.1) is 6.58 Å². The molecule has 4 nitrogen and oxygen atoms in total. The topological polar surface area (TPSA) is 62.1 Å². The molecule has 17 heavy (non-hydrogen) atoms. The van der Waals surface area contributed by atoms with Crippen LogP contribution in [0.1, 0.15) is 10.5 Å². The maximum atomic E-state index is 12.0. The first-order valence-electron chi connectivity index (χ1n) is 5.36. The van der Waals surface area contributed by atoms with Crippen LogP contribution >= 0.6 is 0 Å². The number of hydrogen-bond donors (Lipinski definition) is 2. The lowest BCUT2D eigenvalue weighted by Crippen LogP contribution is -2.26. The molecule has 1 amide bonds. The summed E-state index contributed by atoms with van der Waals surface area (Å²) in [5, 5.41) is 0.945. The zero-order valence-electron chi connectivity index (χ0n) is 9.73. The summed E-state index contributed by atoms with van der Waals surface area (Å²) in [7, 11) is 1.74. The van der Waals surface area contributed by atoms with Crippen molar-refractivity contribution >= 4 is 22.5 Å². The van der Waals surface area contributed by atoms with E-state index in [1.807, 2.05) is 18.2 Å². The van der Waals surface area contributed by atoms with Crippen LogP contribution in [0, 0.1) is 0 Å². The number of benzene rings is 1. The van der Waals surface area contributed by atoms with Gasteiger partial charge >= 0.3 is 0 Å². The Morgan fingerprint density at radius 2 is 2.29 bits per heavy atom. The van der Waals surface area contributed by atoms with Crippen LogP contribution in [0.15, 0.2) is 36.9 Å². The van der Waals surface area contributed by atoms with Gasteiger partial charge in [-0.2, -0.15) is 0 Å². The molecule has 1 aromatic heterocycles. The number of nitrogens with one attached hydrogen (secondary N) is 1. The third-order valence-electron chi connectivity index (χ3n) is 2.62. The maximum absolute atomic E-state index is 12.0. The molecular formula is C13H15N3O. The summed E-state index contributed by atoms with van der Waals surface area (Å²) in [6.45, 7) is 4.13. The van der Waals surface area contributed by atoms with Gasteiger partial charge in [0.2, 0.25) is 0 Å². The minimum atomic E-state index is -0.0559. The van der Waals surface area contributed by atoms with Gasteiger partial charge in [0.15, 0.2) is 0 Å². The summed E-state index contributed by atoms with van der Waals surface area (Å²) in [6, 6.07) is 7.33. The van der Waals surface area contributed by atoms with Crippen molar-refractivity contribution in [3.63, 3.8) is 0 Å². The Morgan fingerprint density at radius 1 is 1.53 bits per heavy atom. The number of nitrogens with zero attached hydrogens (tertiary/aromatic N) is 1. The largest absolute Gasteiger partial charge is 0.399 e. The number of rotatable bonds is 3. The van der Waals surface area contributed by atoms with Crippen molar-refractivity contribution in [3.8, 4) is 0 Å². The highest BCUT2D eigenvalue weighted by molar-refractivity contribution is 5.98. The summed E-state index contributed by atoms with van der Waals surface area (Å²) >= 11 is 0. The number of aromatic amines is 1. The number of amides is 1. The first-order valence-corrected chi connectivity index (χ1v) is 5.36. The summed E-state index contributed by atoms with van der Waals surface area (Å²) in [5.41, 5.74) is 7.86. The van der Waals surface area contributed by atoms with Crippen LogP contribution in [0.4, 0.5) is 5.69 Å². The first-order chi connectivity index (χ1) is 8.11. The molecule has 2 aromatic rings. The van der Waals surface area contributed by atoms with Crippen molar-refractivity contribution in [1.29, 1.82) is 0 Å². The lowest BCUT2D eigenvalue weighted by Gasteiger charge is -2.12. The number of aromatic nitrogens is 1. The Morgan fingerprint density at radius 3 is 3.00 bits per heavy atom. The molecule has 0 unspecified atom stereocenters. The molecule has 4 heteroatoms. The molecule has 2 rings (SSSR count). The highest BCUT2D eigenvalue weighted by atomic mass is 16.2. The fourth-order valence-electron chi connectivity index (χ4n) is 1.75. The molecule has 0 spiro atoms. The molecule has 3 N–H and O–H groups in total. The average Bonchev–Trinajstić information content (AvgIpc) is 2.71. The van der Waals surface area contributed by atoms with E-state index in [-0.39, 0.29) is 5.91 Å². The Hall–Kier alpha value is -2.23. The number of carbonyl (C=O) groups excluding carboxylic acids is 1. The zero-order chi connectivity index (χ0) is 12.4. The standard InChI is InChI=1S/C13H15N3O/c1-3-6-16(2)13(17)12-8-9-7-10(14)4-5-11(9)15-12/h3-5,7-8,15H,1,6,14H2,2H3. The van der Waals surface area contributed by atoms with E-state index in [1.54, 1.807) is 24.1 Å². The van der Waals surface area contributed by atoms with Crippen LogP contribution in [0.25, 0.3) is 10.9 Å². The fraction of sp³-hybridized carbons (Fsp3) is 0.154. The van der Waals surface area contributed by atoms with Crippen molar-refractivity contribution in [2.45, 2.75) is 0 Å². The van der Waals surface area contributed by atoms with Crippen molar-refractivity contribution in [2.75, 3.05) is 19.3 Å². The number of carbonyl (C=O) groups is 1. The fourth-order valence-corrected chi connectivity index (χ4v) is 1.75. The third-order valence-corrected chi connectivity index (χ3v) is 2.62. The van der Waals surface area contributed by atoms with E-state index < -0.39 is 0 Å². The predicted molar refractivity (Wildman–Crippen MR) is 69.9 cm³/mol. The average molecular weight is 229 g/mol. The number of fused-ring (bicyclic) bond motifs is 1. The van der Waals surface area contributed by atoms with E-state index in [0.717, 1.165) is 10.9 Å². The van der Waals surface area contributed by atoms with Crippen LogP contribution in [0.2, 0.25) is 0 Å². The first kappa shape index (κ1) is 11.3. The molecule has 0 radical (unpaired) electrons. The number of nitrogen functional groups attached to an aromatic ring is 1. The van der Waals surface area contributed by atoms with Gasteiger partial charge in [-0.25, -0.2) is 0 Å². The maximum Gasteiger partial charge on any atom is 0.270 e. The second kappa shape index (κ2) is 4.33. The van der Waals surface area contributed by atoms with E-state index in [1.165, 1.54) is 0 Å². The highest BCUT2D eigenvalue weighted by Gasteiger charge is 2.13. The molecular weight excluding hydrogens is 214 g/mol. The Labute approximate surface area is 99.7 Å². The van der Waals surface area contributed by atoms with Crippen LogP contribution in [0.3, 0.4) is 0 Å². The molecule has 1 aromatic carbocycles. The molecule has 0 saturated heterocycles. The molecule has 0 aliphatic heterocycles. The molecule has 0 fully saturated rings. The summed E-state index contributed by atoms with van der Waals surface area (Å²) < 4.78 is 0. The minimum absolute atomic E-state index is 0.0559. The van der Waals surface area contributed by atoms with Crippen molar-refractivity contribution in [2.24, 2.45) is 0 Å². The van der Waals surface area contributed by atoms with Gasteiger partial charge in [-0.3, -0.25) is 4.79 Å². The SMILES string of the molecule is C=CCN(C)C(=O)c1cc2cc(N)ccc2[nH]1. The molecule has 0 aliphatic carbocycles. The normalized spacial score (nSPS) is 10.4. The highest BCUT2D eigenvalue weighted by Crippen LogP contribution is 2.19. The van der Waals surface area contributed by atoms with E-state index >= 15 is 0 Å². The van der Waals surface area contributed by atoms with Gasteiger partial charge in [0.25, 0.3) is 5.91 Å². The van der Waals surface area contributed by atoms with E-state index in [0.29, 0.717) is 17.9 Å². The van der Waals surface area contributed by atoms with Gasteiger partial charge in [-0.1, -0.05) is 6.08 Å². The molecule has 88 valence electrons. The number of H-pyrrole nitrogens is 1. The Balaban J connectivity index is 2.36. The van der Waals surface area contributed by atoms with Gasteiger partial charge in [0.05, 0.1) is 0 Å². The Kier molecular flexibility index (Phi) is 2.87. The smallest absolute Gasteiger partial charge is 0.270 e. The minimum Gasteiger partial charge on any atom is -0.399 e. The second-order valence-corrected chi connectivity index (χ2v) is 4.00. The monoisotopic (exact) mass is 229 g/mol. The predicted octanol–water partition coefficient (Wildman–Crippen LogP) is 2.01. The van der Waals surface area contributed by atoms with Crippen molar-refractivity contribution in [1.82, 2.24) is 9.88 Å². The lowest BCUT2D eigenvalue weighted by molar-refractivity contribution is 0.0805. The van der Waals surface area contributed by atoms with Gasteiger partial charge in [0.1, 0.15) is 5.69 Å². The van der Waals surface area contributed by atoms with E-state index in [4.69, 9.17) is 5.73 Å². The van der Waals surface area contributed by atoms with E-state index in [9.17, 15) is 4.79 Å². The van der Waals surface area contributed by atoms with Crippen LogP contribution < -0.4 is 5.73 Å². The van der Waals surface area contributed by atoms with Crippen molar-refractivity contribution < 1.29 is 4.79 Å². The lowest BCUT2D eigenvalue weighted by atomic mass is 10.2. The zero-order valence-corrected chi connectivity index (χ0v) is 9.73. The summed E-state index contributed by atoms with van der Waals surface area (Å²) in [5.74, 6) is -0.0559. The molecule has 0 saturated carbocycles. The molecule has 0 aliphatic rings. The van der Waals surface area contributed by atoms with Gasteiger partial charge in [0, 0.05) is 30.2 Å². The third kappa shape index (κ3) is 2.15. The summed E-state index contributed by atoms with van der Waals surface area (Å²) in [6.07, 6.45) is 1.69. The van der Waals surface area contributed by atoms with Gasteiger partial charge in [-0.05, 0) is 24.3 Å². The number of hydrogen-bond acceptors (Lipinski definition) is 2. The molecule has 0 bridgehead atoms. The quantitative estimate of drug-likeness (QED) is 0.624. The number of anilines is 1. The Bertz CT molecular complexity index is 571. The van der Waals surface area contributed by atoms with Crippen molar-refractivity contribution in [3.05, 3.63) is 42.6 Å². The number of nitrogens with two attached hydrogens (primary N) is 1. The van der Waals surface area contributed by atoms with Crippen LogP contribution in [-0.2, 0) is 0 Å². The van der Waals surface area contributed by atoms with Crippen LogP contribution in [-0.4, -0.2) is 29.4 Å². The number of likely N-dealkylation sites (N-methyl/N-ethyl adjacent to an activating group) is 1. The van der Waals surface area contributed by atoms with Crippen LogP contribution in [0.5, 0.6) is 0 Å². The molecule has 0 atom stereocenters. The summed E-state index contributed by atoms with van der Waals surface area (Å²) in [4.78, 5) is 16.7. The van der Waals surface area contributed by atoms with E-state index in [2.05, 4.69) is 11.6 Å². The van der Waals surface area contributed by atoms with Gasteiger partial charge < -0.3 is 15.6 Å².